The number of rotatable bonds is 7. The summed E-state index contributed by atoms with van der Waals surface area (Å²) in [5.74, 6) is -2.40. The van der Waals surface area contributed by atoms with Gasteiger partial charge < -0.3 is 5.32 Å². The van der Waals surface area contributed by atoms with Gasteiger partial charge in [0.05, 0.1) is 21.7 Å². The third-order valence-electron chi connectivity index (χ3n) is 6.98. The number of thiophene rings is 1. The number of hydrogen-bond donors (Lipinski definition) is 1. The highest BCUT2D eigenvalue weighted by molar-refractivity contribution is 9.10. The summed E-state index contributed by atoms with van der Waals surface area (Å²) in [6, 6.07) is 23.6. The minimum Gasteiger partial charge on any atom is -0.358 e. The maximum atomic E-state index is 14.4. The topological polar surface area (TPSA) is 83.6 Å². The summed E-state index contributed by atoms with van der Waals surface area (Å²) >= 11 is 10.8. The van der Waals surface area contributed by atoms with Gasteiger partial charge >= 0.3 is 0 Å². The van der Waals surface area contributed by atoms with Crippen LogP contribution in [0, 0.1) is 5.92 Å². The summed E-state index contributed by atoms with van der Waals surface area (Å²) < 4.78 is 30.8. The third kappa shape index (κ3) is 5.21. The summed E-state index contributed by atoms with van der Waals surface area (Å²) in [5.41, 5.74) is 1.27. The molecule has 6 nitrogen and oxygen atoms in total. The fourth-order valence-electron chi connectivity index (χ4n) is 5.30. The molecule has 1 fully saturated rings. The van der Waals surface area contributed by atoms with Gasteiger partial charge in [0.2, 0.25) is 15.9 Å². The van der Waals surface area contributed by atoms with Crippen LogP contribution in [0.1, 0.15) is 32.8 Å². The number of Topliss-reactive ketones (excluding diaryl/α,β-unsaturated/α-hetero) is 1. The second-order valence-corrected chi connectivity index (χ2v) is 13.3. The van der Waals surface area contributed by atoms with Crippen LogP contribution in [0.3, 0.4) is 0 Å². The molecular formula is C29H24BrClN2O4S2. The minimum absolute atomic E-state index is 0.0274. The van der Waals surface area contributed by atoms with Gasteiger partial charge in [0, 0.05) is 22.5 Å². The number of benzene rings is 3. The number of amides is 1. The van der Waals surface area contributed by atoms with Crippen molar-refractivity contribution >= 4 is 60.6 Å². The summed E-state index contributed by atoms with van der Waals surface area (Å²) in [6.45, 7) is 0. The van der Waals surface area contributed by atoms with Crippen molar-refractivity contribution < 1.29 is 18.0 Å². The molecule has 1 aliphatic heterocycles. The van der Waals surface area contributed by atoms with Crippen LogP contribution in [-0.4, -0.2) is 37.5 Å². The molecule has 39 heavy (non-hydrogen) atoms. The number of likely N-dealkylation sites (N-methyl/N-ethyl adjacent to an activating group) is 1. The second kappa shape index (κ2) is 11.3. The van der Waals surface area contributed by atoms with Gasteiger partial charge in [-0.25, -0.2) is 8.42 Å². The van der Waals surface area contributed by atoms with E-state index in [-0.39, 0.29) is 10.7 Å². The fraction of sp³-hybridized carbons (Fsp3) is 0.172. The van der Waals surface area contributed by atoms with Crippen molar-refractivity contribution in [2.24, 2.45) is 5.92 Å². The number of hydrogen-bond acceptors (Lipinski definition) is 5. The van der Waals surface area contributed by atoms with E-state index in [0.29, 0.717) is 21.0 Å². The van der Waals surface area contributed by atoms with Gasteiger partial charge in [0.15, 0.2) is 5.78 Å². The quantitative estimate of drug-likeness (QED) is 0.240. The molecule has 0 radical (unpaired) electrons. The molecule has 0 spiro atoms. The monoisotopic (exact) mass is 642 g/mol. The molecule has 1 N–H and O–H groups in total. The lowest BCUT2D eigenvalue weighted by atomic mass is 9.77. The van der Waals surface area contributed by atoms with Gasteiger partial charge in [-0.15, -0.1) is 11.3 Å². The molecule has 10 heteroatoms. The standard InChI is InChI=1S/C29H24BrClN2O4S2/c1-32-29(35)27-24(18-9-13-21(31)14-10-18)25(28(34)23-8-5-17-38-23)26(19-6-3-2-4-7-19)33(27)39(36,37)22-15-11-20(30)12-16-22/h2-17,24-27H,1H3,(H,32,35). The SMILES string of the molecule is CNC(=O)C1C(c2ccc(Cl)cc2)C(C(=O)c2cccs2)C(c2ccccc2)N1S(=O)(=O)c1ccc(Br)cc1. The summed E-state index contributed by atoms with van der Waals surface area (Å²) in [7, 11) is -2.79. The Labute approximate surface area is 244 Å². The summed E-state index contributed by atoms with van der Waals surface area (Å²) in [5, 5.41) is 4.96. The van der Waals surface area contributed by atoms with Crippen LogP contribution in [-0.2, 0) is 14.8 Å². The third-order valence-corrected chi connectivity index (χ3v) is 10.5. The first kappa shape index (κ1) is 27.7. The highest BCUT2D eigenvalue weighted by Gasteiger charge is 2.59. The van der Waals surface area contributed by atoms with E-state index in [1.807, 2.05) is 11.4 Å². The zero-order chi connectivity index (χ0) is 27.7. The Kier molecular flexibility index (Phi) is 8.07. The molecule has 1 saturated heterocycles. The zero-order valence-electron chi connectivity index (χ0n) is 20.7. The Hall–Kier alpha value is -2.82. The minimum atomic E-state index is -4.26. The Balaban J connectivity index is 1.82. The van der Waals surface area contributed by atoms with E-state index in [1.165, 1.54) is 34.8 Å². The van der Waals surface area contributed by atoms with Gasteiger partial charge in [-0.1, -0.05) is 76.1 Å². The van der Waals surface area contributed by atoms with Gasteiger partial charge in [-0.2, -0.15) is 4.31 Å². The second-order valence-electron chi connectivity index (χ2n) is 9.15. The highest BCUT2D eigenvalue weighted by Crippen LogP contribution is 2.53. The van der Waals surface area contributed by atoms with Crippen molar-refractivity contribution in [1.82, 2.24) is 9.62 Å². The van der Waals surface area contributed by atoms with Crippen molar-refractivity contribution in [3.8, 4) is 0 Å². The maximum absolute atomic E-state index is 14.4. The van der Waals surface area contributed by atoms with Crippen molar-refractivity contribution in [3.05, 3.63) is 122 Å². The molecule has 4 atom stereocenters. The maximum Gasteiger partial charge on any atom is 0.244 e. The van der Waals surface area contributed by atoms with Crippen LogP contribution in [0.4, 0.5) is 0 Å². The fourth-order valence-corrected chi connectivity index (χ4v) is 8.21. The molecule has 0 aliphatic carbocycles. The molecular weight excluding hydrogens is 620 g/mol. The lowest BCUT2D eigenvalue weighted by molar-refractivity contribution is -0.124. The van der Waals surface area contributed by atoms with E-state index in [1.54, 1.807) is 72.8 Å². The molecule has 4 aromatic rings. The van der Waals surface area contributed by atoms with Crippen LogP contribution in [0.15, 0.2) is 106 Å². The van der Waals surface area contributed by atoms with Crippen LogP contribution in [0.25, 0.3) is 0 Å². The molecule has 0 saturated carbocycles. The normalized spacial score (nSPS) is 21.5. The molecule has 0 bridgehead atoms. The van der Waals surface area contributed by atoms with Crippen LogP contribution in [0.5, 0.6) is 0 Å². The van der Waals surface area contributed by atoms with Crippen molar-refractivity contribution in [2.45, 2.75) is 22.9 Å². The average molecular weight is 644 g/mol. The van der Waals surface area contributed by atoms with Crippen LogP contribution >= 0.6 is 38.9 Å². The number of carbonyl (C=O) groups is 2. The number of nitrogens with one attached hydrogen (secondary N) is 1. The van der Waals surface area contributed by atoms with Crippen molar-refractivity contribution in [3.63, 3.8) is 0 Å². The molecule has 5 rings (SSSR count). The number of halogens is 2. The van der Waals surface area contributed by atoms with Gasteiger partial charge in [-0.3, -0.25) is 9.59 Å². The predicted octanol–water partition coefficient (Wildman–Crippen LogP) is 6.31. The Bertz CT molecular complexity index is 1580. The molecule has 2 heterocycles. The number of nitrogens with zero attached hydrogens (tertiary/aromatic N) is 1. The van der Waals surface area contributed by atoms with Gasteiger partial charge in [0.25, 0.3) is 0 Å². The van der Waals surface area contributed by atoms with E-state index in [0.717, 1.165) is 4.47 Å². The van der Waals surface area contributed by atoms with E-state index < -0.39 is 39.8 Å². The first-order valence-corrected chi connectivity index (χ1v) is 15.6. The first-order chi connectivity index (χ1) is 18.7. The largest absolute Gasteiger partial charge is 0.358 e. The van der Waals surface area contributed by atoms with Crippen molar-refractivity contribution in [2.75, 3.05) is 7.05 Å². The van der Waals surface area contributed by atoms with Crippen molar-refractivity contribution in [1.29, 1.82) is 0 Å². The Morgan fingerprint density at radius 2 is 1.56 bits per heavy atom. The number of sulfonamides is 1. The van der Waals surface area contributed by atoms with E-state index >= 15 is 0 Å². The number of carbonyl (C=O) groups excluding carboxylic acids is 2. The Morgan fingerprint density at radius 3 is 2.15 bits per heavy atom. The smallest absolute Gasteiger partial charge is 0.244 e. The van der Waals surface area contributed by atoms with Crippen LogP contribution < -0.4 is 5.32 Å². The van der Waals surface area contributed by atoms with E-state index in [4.69, 9.17) is 11.6 Å². The lowest BCUT2D eigenvalue weighted by Crippen LogP contribution is -2.47. The molecule has 4 unspecified atom stereocenters. The van der Waals surface area contributed by atoms with Gasteiger partial charge in [0.1, 0.15) is 6.04 Å². The van der Waals surface area contributed by atoms with E-state index in [9.17, 15) is 18.0 Å². The Morgan fingerprint density at radius 1 is 0.897 bits per heavy atom. The molecule has 1 aliphatic rings. The van der Waals surface area contributed by atoms with E-state index in [2.05, 4.69) is 21.2 Å². The molecule has 1 amide bonds. The average Bonchev–Trinajstić information content (AvgIpc) is 3.61. The molecule has 3 aromatic carbocycles. The zero-order valence-corrected chi connectivity index (χ0v) is 24.7. The highest BCUT2D eigenvalue weighted by atomic mass is 79.9. The van der Waals surface area contributed by atoms with Gasteiger partial charge in [-0.05, 0) is 59.0 Å². The predicted molar refractivity (Wildman–Crippen MR) is 157 cm³/mol. The summed E-state index contributed by atoms with van der Waals surface area (Å²) in [6.07, 6.45) is 0. The lowest BCUT2D eigenvalue weighted by Gasteiger charge is -2.30. The molecule has 1 aromatic heterocycles. The first-order valence-electron chi connectivity index (χ1n) is 12.1. The summed E-state index contributed by atoms with van der Waals surface area (Å²) in [4.78, 5) is 28.5. The van der Waals surface area contributed by atoms with Crippen LogP contribution in [0.2, 0.25) is 5.02 Å². The number of ketones is 1. The molecule has 200 valence electrons.